The Bertz CT molecular complexity index is 1190. The van der Waals surface area contributed by atoms with Gasteiger partial charge in [0.1, 0.15) is 0 Å². The van der Waals surface area contributed by atoms with Crippen molar-refractivity contribution in [2.24, 2.45) is 11.8 Å². The third-order valence-corrected chi connectivity index (χ3v) is 7.68. The van der Waals surface area contributed by atoms with E-state index in [2.05, 4.69) is 140 Å². The number of allylic oxidation sites excluding steroid dienone is 21. The van der Waals surface area contributed by atoms with Gasteiger partial charge < -0.3 is 10.2 Å². The first-order chi connectivity index (χ1) is 19.6. The largest absolute Gasteiger partial charge is 0.390 e. The van der Waals surface area contributed by atoms with Crippen LogP contribution in [0.1, 0.15) is 94.9 Å². The molecule has 3 atom stereocenters. The van der Waals surface area contributed by atoms with Gasteiger partial charge >= 0.3 is 0 Å². The van der Waals surface area contributed by atoms with E-state index >= 15 is 0 Å². The van der Waals surface area contributed by atoms with Crippen LogP contribution in [0.25, 0.3) is 0 Å². The summed E-state index contributed by atoms with van der Waals surface area (Å²) in [5, 5.41) is 21.3. The molecule has 0 aromatic rings. The minimum Gasteiger partial charge on any atom is -0.390 e. The highest BCUT2D eigenvalue weighted by atomic mass is 16.3. The topological polar surface area (TPSA) is 40.5 Å². The predicted molar refractivity (Wildman–Crippen MR) is 186 cm³/mol. The Morgan fingerprint density at radius 1 is 0.714 bits per heavy atom. The molecule has 1 saturated carbocycles. The van der Waals surface area contributed by atoms with Gasteiger partial charge in [0.25, 0.3) is 0 Å². The minimum atomic E-state index is -0.803. The van der Waals surface area contributed by atoms with Gasteiger partial charge in [-0.2, -0.15) is 0 Å². The predicted octanol–water partition coefficient (Wildman–Crippen LogP) is 10.8. The second kappa shape index (κ2) is 18.6. The summed E-state index contributed by atoms with van der Waals surface area (Å²) in [6, 6.07) is 0. The molecule has 0 aromatic carbocycles. The maximum Gasteiger partial charge on any atom is 0.0686 e. The fraction of sp³-hybridized carbons (Fsp3) is 0.450. The van der Waals surface area contributed by atoms with E-state index in [1.165, 1.54) is 22.3 Å². The molecule has 42 heavy (non-hydrogen) atoms. The minimum absolute atomic E-state index is 0.0552. The Morgan fingerprint density at radius 2 is 1.17 bits per heavy atom. The van der Waals surface area contributed by atoms with Gasteiger partial charge in [-0.25, -0.2) is 0 Å². The van der Waals surface area contributed by atoms with Gasteiger partial charge in [0.05, 0.1) is 11.2 Å². The van der Waals surface area contributed by atoms with Crippen LogP contribution in [-0.4, -0.2) is 21.4 Å². The molecular weight excluding hydrogens is 512 g/mol. The van der Waals surface area contributed by atoms with Crippen LogP contribution in [-0.2, 0) is 0 Å². The second-order valence-corrected chi connectivity index (χ2v) is 13.0. The number of aliphatic hydroxyl groups is 2. The first-order valence-electron chi connectivity index (χ1n) is 15.4. The molecule has 0 aliphatic heterocycles. The molecular formula is C40H58O2. The summed E-state index contributed by atoms with van der Waals surface area (Å²) in [7, 11) is 0. The Labute approximate surface area is 258 Å². The van der Waals surface area contributed by atoms with Gasteiger partial charge in [-0.05, 0) is 101 Å². The van der Waals surface area contributed by atoms with Gasteiger partial charge in [0.2, 0.25) is 0 Å². The Hall–Kier alpha value is -2.94. The van der Waals surface area contributed by atoms with Crippen LogP contribution in [0.2, 0.25) is 0 Å². The van der Waals surface area contributed by atoms with Gasteiger partial charge in [0.15, 0.2) is 0 Å². The summed E-state index contributed by atoms with van der Waals surface area (Å²) in [5.41, 5.74) is 5.88. The monoisotopic (exact) mass is 570 g/mol. The first kappa shape index (κ1) is 37.1. The van der Waals surface area contributed by atoms with E-state index in [1.807, 2.05) is 26.8 Å². The summed E-state index contributed by atoms with van der Waals surface area (Å²) in [6.07, 6.45) is 37.5. The Kier molecular flexibility index (Phi) is 16.4. The molecule has 0 aromatic heterocycles. The van der Waals surface area contributed by atoms with Crippen molar-refractivity contribution in [3.05, 3.63) is 131 Å². The molecule has 230 valence electrons. The van der Waals surface area contributed by atoms with E-state index < -0.39 is 11.2 Å². The van der Waals surface area contributed by atoms with Crippen LogP contribution in [0.4, 0.5) is 0 Å². The molecule has 0 spiro atoms. The maximum absolute atomic E-state index is 10.8. The third-order valence-electron chi connectivity index (χ3n) is 7.68. The van der Waals surface area contributed by atoms with E-state index in [0.29, 0.717) is 6.42 Å². The molecule has 2 heteroatoms. The van der Waals surface area contributed by atoms with E-state index in [-0.39, 0.29) is 11.8 Å². The highest BCUT2D eigenvalue weighted by molar-refractivity contribution is 5.32. The van der Waals surface area contributed by atoms with Crippen LogP contribution < -0.4 is 0 Å². The van der Waals surface area contributed by atoms with Crippen LogP contribution in [0.15, 0.2) is 131 Å². The average Bonchev–Trinajstić information content (AvgIpc) is 3.19. The molecule has 1 aliphatic rings. The standard InChI is InChI=1S/C40H58O2/c1-31(2)17-13-20-34(5)23-15-25-35(6)24-14-21-32(3)18-11-12-19-33(4)22-16-26-36(7)27-28-38-37(39(8,9)41)29-30-40(38,10)42/h11-12,14-19,21-28,37-38,41-42H,13,20,29-30H2,1-10H3. The zero-order valence-corrected chi connectivity index (χ0v) is 28.1. The normalized spacial score (nSPS) is 24.0. The van der Waals surface area contributed by atoms with Crippen molar-refractivity contribution < 1.29 is 10.2 Å². The SMILES string of the molecule is CC(C)=CCCC(C)=CC=CC(C)=CC=CC(C)=CC=CC=C(C)C=CC=C(C)C=CC1C(C(C)(C)O)CCC1(C)O. The highest BCUT2D eigenvalue weighted by Gasteiger charge is 2.47. The lowest BCUT2D eigenvalue weighted by Gasteiger charge is -2.33. The van der Waals surface area contributed by atoms with Crippen LogP contribution >= 0.6 is 0 Å². The molecule has 1 rings (SSSR count). The fourth-order valence-electron chi connectivity index (χ4n) is 4.99. The van der Waals surface area contributed by atoms with Crippen molar-refractivity contribution in [1.82, 2.24) is 0 Å². The lowest BCUT2D eigenvalue weighted by molar-refractivity contribution is -0.0294. The van der Waals surface area contributed by atoms with Crippen LogP contribution in [0.5, 0.6) is 0 Å². The molecule has 0 saturated heterocycles. The first-order valence-corrected chi connectivity index (χ1v) is 15.4. The van der Waals surface area contributed by atoms with Crippen molar-refractivity contribution in [2.45, 2.75) is 106 Å². The molecule has 0 amide bonds. The lowest BCUT2D eigenvalue weighted by atomic mass is 9.78. The molecule has 1 fully saturated rings. The summed E-state index contributed by atoms with van der Waals surface area (Å²) in [4.78, 5) is 0. The van der Waals surface area contributed by atoms with Crippen molar-refractivity contribution in [3.8, 4) is 0 Å². The smallest absolute Gasteiger partial charge is 0.0686 e. The molecule has 2 nitrogen and oxygen atoms in total. The molecule has 2 N–H and O–H groups in total. The van der Waals surface area contributed by atoms with Gasteiger partial charge in [0, 0.05) is 5.92 Å². The molecule has 0 bridgehead atoms. The van der Waals surface area contributed by atoms with E-state index in [4.69, 9.17) is 0 Å². The zero-order chi connectivity index (χ0) is 31.8. The fourth-order valence-corrected chi connectivity index (χ4v) is 4.99. The van der Waals surface area contributed by atoms with Gasteiger partial charge in [-0.15, -0.1) is 0 Å². The summed E-state index contributed by atoms with van der Waals surface area (Å²) in [5.74, 6) is -0.00110. The number of hydrogen-bond donors (Lipinski definition) is 2. The van der Waals surface area contributed by atoms with Crippen molar-refractivity contribution in [1.29, 1.82) is 0 Å². The number of rotatable bonds is 14. The summed E-state index contributed by atoms with van der Waals surface area (Å²) >= 11 is 0. The van der Waals surface area contributed by atoms with E-state index in [9.17, 15) is 10.2 Å². The van der Waals surface area contributed by atoms with E-state index in [1.54, 1.807) is 0 Å². The van der Waals surface area contributed by atoms with Gasteiger partial charge in [-0.1, -0.05) is 131 Å². The molecule has 0 heterocycles. The number of hydrogen-bond acceptors (Lipinski definition) is 2. The van der Waals surface area contributed by atoms with Crippen molar-refractivity contribution in [2.75, 3.05) is 0 Å². The van der Waals surface area contributed by atoms with E-state index in [0.717, 1.165) is 30.4 Å². The van der Waals surface area contributed by atoms with Crippen molar-refractivity contribution in [3.63, 3.8) is 0 Å². The van der Waals surface area contributed by atoms with Crippen LogP contribution in [0.3, 0.4) is 0 Å². The average molecular weight is 571 g/mol. The van der Waals surface area contributed by atoms with Crippen LogP contribution in [0, 0.1) is 11.8 Å². The maximum atomic E-state index is 10.8. The molecule has 3 unspecified atom stereocenters. The molecule has 0 radical (unpaired) electrons. The summed E-state index contributed by atoms with van der Waals surface area (Å²) in [6.45, 7) is 20.4. The third kappa shape index (κ3) is 15.9. The van der Waals surface area contributed by atoms with Gasteiger partial charge in [-0.3, -0.25) is 0 Å². The zero-order valence-electron chi connectivity index (χ0n) is 28.1. The second-order valence-electron chi connectivity index (χ2n) is 13.0. The lowest BCUT2D eigenvalue weighted by Crippen LogP contribution is -2.39. The Morgan fingerprint density at radius 3 is 1.64 bits per heavy atom. The quantitative estimate of drug-likeness (QED) is 0.161. The van der Waals surface area contributed by atoms with Crippen molar-refractivity contribution >= 4 is 0 Å². The Balaban J connectivity index is 2.61. The summed E-state index contributed by atoms with van der Waals surface area (Å²) < 4.78 is 0. The molecule has 1 aliphatic carbocycles. The highest BCUT2D eigenvalue weighted by Crippen LogP contribution is 2.46.